The standard InChI is InChI=1S/C21H32N2O5S/c1-5-6-13-28-21(25)23-12-11-22(15-18(23)10-14-29(4,26)27)20(24)19-9-7-8-16(2)17(19)3/h7-9,18H,5-6,10-15H2,1-4H3/t18-/m0/s1. The van der Waals surface area contributed by atoms with E-state index in [9.17, 15) is 18.0 Å². The van der Waals surface area contributed by atoms with Crippen molar-refractivity contribution in [2.45, 2.75) is 46.1 Å². The number of nitrogens with zero attached hydrogens (tertiary/aromatic N) is 2. The number of aryl methyl sites for hydroxylation is 1. The smallest absolute Gasteiger partial charge is 0.410 e. The molecule has 1 saturated heterocycles. The van der Waals surface area contributed by atoms with Crippen molar-refractivity contribution in [1.82, 2.24) is 9.80 Å². The number of unbranched alkanes of at least 4 members (excludes halogenated alkanes) is 1. The molecular formula is C21H32N2O5S. The first-order valence-corrected chi connectivity index (χ1v) is 12.2. The molecule has 1 fully saturated rings. The molecule has 0 unspecified atom stereocenters. The molecule has 1 heterocycles. The van der Waals surface area contributed by atoms with Gasteiger partial charge in [0.05, 0.1) is 18.4 Å². The van der Waals surface area contributed by atoms with Crippen LogP contribution in [0, 0.1) is 13.8 Å². The molecular weight excluding hydrogens is 392 g/mol. The van der Waals surface area contributed by atoms with Crippen LogP contribution in [0.2, 0.25) is 0 Å². The van der Waals surface area contributed by atoms with Gasteiger partial charge in [-0.05, 0) is 43.9 Å². The maximum absolute atomic E-state index is 13.1. The van der Waals surface area contributed by atoms with Gasteiger partial charge in [-0.25, -0.2) is 13.2 Å². The van der Waals surface area contributed by atoms with Crippen LogP contribution in [0.1, 0.15) is 47.7 Å². The van der Waals surface area contributed by atoms with Gasteiger partial charge >= 0.3 is 6.09 Å². The van der Waals surface area contributed by atoms with E-state index in [2.05, 4.69) is 0 Å². The molecule has 0 N–H and O–H groups in total. The predicted molar refractivity (Wildman–Crippen MR) is 113 cm³/mol. The minimum absolute atomic E-state index is 0.0398. The van der Waals surface area contributed by atoms with E-state index >= 15 is 0 Å². The van der Waals surface area contributed by atoms with Crippen molar-refractivity contribution in [1.29, 1.82) is 0 Å². The molecule has 0 aromatic heterocycles. The highest BCUT2D eigenvalue weighted by Gasteiger charge is 2.34. The summed E-state index contributed by atoms with van der Waals surface area (Å²) in [5.41, 5.74) is 2.63. The molecule has 0 spiro atoms. The van der Waals surface area contributed by atoms with E-state index < -0.39 is 15.9 Å². The maximum atomic E-state index is 13.1. The summed E-state index contributed by atoms with van der Waals surface area (Å²) in [5.74, 6) is -0.128. The largest absolute Gasteiger partial charge is 0.449 e. The molecule has 29 heavy (non-hydrogen) atoms. The second-order valence-corrected chi connectivity index (χ2v) is 9.99. The Balaban J connectivity index is 2.15. The number of rotatable bonds is 7. The molecule has 8 heteroatoms. The van der Waals surface area contributed by atoms with Gasteiger partial charge in [0.15, 0.2) is 0 Å². The van der Waals surface area contributed by atoms with Gasteiger partial charge in [0.1, 0.15) is 9.84 Å². The average Bonchev–Trinajstić information content (AvgIpc) is 2.67. The lowest BCUT2D eigenvalue weighted by Gasteiger charge is -2.41. The Hall–Kier alpha value is -2.09. The summed E-state index contributed by atoms with van der Waals surface area (Å²) in [6.45, 7) is 7.26. The monoisotopic (exact) mass is 424 g/mol. The first kappa shape index (κ1) is 23.2. The maximum Gasteiger partial charge on any atom is 0.410 e. The van der Waals surface area contributed by atoms with Gasteiger partial charge in [-0.3, -0.25) is 4.79 Å². The van der Waals surface area contributed by atoms with E-state index in [1.165, 1.54) is 6.26 Å². The van der Waals surface area contributed by atoms with Crippen LogP contribution in [0.15, 0.2) is 18.2 Å². The molecule has 1 atom stereocenters. The van der Waals surface area contributed by atoms with Crippen molar-refractivity contribution in [3.63, 3.8) is 0 Å². The molecule has 2 rings (SSSR count). The number of benzene rings is 1. The zero-order chi connectivity index (χ0) is 21.6. The molecule has 0 aliphatic carbocycles. The summed E-state index contributed by atoms with van der Waals surface area (Å²) >= 11 is 0. The summed E-state index contributed by atoms with van der Waals surface area (Å²) < 4.78 is 28.7. The number of ether oxygens (including phenoxy) is 1. The molecule has 0 saturated carbocycles. The Labute approximate surface area is 173 Å². The Bertz CT molecular complexity index is 837. The van der Waals surface area contributed by atoms with Crippen LogP contribution in [0.4, 0.5) is 4.79 Å². The van der Waals surface area contributed by atoms with Gasteiger partial charge in [0.2, 0.25) is 0 Å². The van der Waals surface area contributed by atoms with Crippen molar-refractivity contribution < 1.29 is 22.7 Å². The first-order chi connectivity index (χ1) is 13.6. The van der Waals surface area contributed by atoms with Crippen LogP contribution in [-0.2, 0) is 14.6 Å². The van der Waals surface area contributed by atoms with E-state index in [0.717, 1.165) is 24.0 Å². The molecule has 0 radical (unpaired) electrons. The Morgan fingerprint density at radius 2 is 1.93 bits per heavy atom. The first-order valence-electron chi connectivity index (χ1n) is 10.1. The number of carbonyl (C=O) groups excluding carboxylic acids is 2. The zero-order valence-electron chi connectivity index (χ0n) is 17.8. The van der Waals surface area contributed by atoms with Crippen LogP contribution in [0.5, 0.6) is 0 Å². The number of amides is 2. The van der Waals surface area contributed by atoms with Crippen LogP contribution in [0.3, 0.4) is 0 Å². The third-order valence-electron chi connectivity index (χ3n) is 5.38. The van der Waals surface area contributed by atoms with Crippen molar-refractivity contribution >= 4 is 21.8 Å². The van der Waals surface area contributed by atoms with Crippen molar-refractivity contribution in [3.05, 3.63) is 34.9 Å². The normalized spacial score (nSPS) is 17.3. The molecule has 1 aromatic rings. The fourth-order valence-electron chi connectivity index (χ4n) is 3.42. The molecule has 0 bridgehead atoms. The summed E-state index contributed by atoms with van der Waals surface area (Å²) in [4.78, 5) is 28.9. The van der Waals surface area contributed by atoms with Gasteiger partial charge in [-0.15, -0.1) is 0 Å². The van der Waals surface area contributed by atoms with Gasteiger partial charge < -0.3 is 14.5 Å². The van der Waals surface area contributed by atoms with E-state index in [4.69, 9.17) is 4.74 Å². The van der Waals surface area contributed by atoms with E-state index in [1.54, 1.807) is 9.80 Å². The molecule has 162 valence electrons. The van der Waals surface area contributed by atoms with Crippen LogP contribution in [0.25, 0.3) is 0 Å². The van der Waals surface area contributed by atoms with Crippen molar-refractivity contribution in [2.75, 3.05) is 38.2 Å². The lowest BCUT2D eigenvalue weighted by molar-refractivity contribution is 0.0367. The quantitative estimate of drug-likeness (QED) is 0.629. The fourth-order valence-corrected chi connectivity index (χ4v) is 4.12. The van der Waals surface area contributed by atoms with Crippen LogP contribution < -0.4 is 0 Å². The van der Waals surface area contributed by atoms with E-state index in [1.807, 2.05) is 39.0 Å². The number of sulfone groups is 1. The van der Waals surface area contributed by atoms with Gasteiger partial charge in [0, 0.05) is 31.5 Å². The Kier molecular flexibility index (Phi) is 8.07. The van der Waals surface area contributed by atoms with Gasteiger partial charge in [-0.2, -0.15) is 0 Å². The highest BCUT2D eigenvalue weighted by atomic mass is 32.2. The highest BCUT2D eigenvalue weighted by molar-refractivity contribution is 7.90. The Morgan fingerprint density at radius 3 is 2.59 bits per heavy atom. The fraction of sp³-hybridized carbons (Fsp3) is 0.619. The SMILES string of the molecule is CCCCOC(=O)N1CCN(C(=O)c2cccc(C)c2C)C[C@@H]1CCS(C)(=O)=O. The summed E-state index contributed by atoms with van der Waals surface area (Å²) in [7, 11) is -3.18. The highest BCUT2D eigenvalue weighted by Crippen LogP contribution is 2.20. The second-order valence-electron chi connectivity index (χ2n) is 7.73. The molecule has 7 nitrogen and oxygen atoms in total. The molecule has 1 aliphatic heterocycles. The van der Waals surface area contributed by atoms with Crippen LogP contribution in [-0.4, -0.2) is 74.5 Å². The lowest BCUT2D eigenvalue weighted by Crippen LogP contribution is -2.57. The third kappa shape index (κ3) is 6.45. The zero-order valence-corrected chi connectivity index (χ0v) is 18.6. The average molecular weight is 425 g/mol. The van der Waals surface area contributed by atoms with Crippen LogP contribution >= 0.6 is 0 Å². The molecule has 1 aliphatic rings. The van der Waals surface area contributed by atoms with Gasteiger partial charge in [-0.1, -0.05) is 25.5 Å². The number of carbonyl (C=O) groups is 2. The van der Waals surface area contributed by atoms with Crippen molar-refractivity contribution in [3.8, 4) is 0 Å². The lowest BCUT2D eigenvalue weighted by atomic mass is 10.0. The van der Waals surface area contributed by atoms with E-state index in [0.29, 0.717) is 31.8 Å². The minimum Gasteiger partial charge on any atom is -0.449 e. The second kappa shape index (κ2) is 10.1. The van der Waals surface area contributed by atoms with Gasteiger partial charge in [0.25, 0.3) is 5.91 Å². The number of hydrogen-bond acceptors (Lipinski definition) is 5. The molecule has 2 amide bonds. The number of hydrogen-bond donors (Lipinski definition) is 0. The third-order valence-corrected chi connectivity index (χ3v) is 6.36. The Morgan fingerprint density at radius 1 is 1.21 bits per heavy atom. The summed E-state index contributed by atoms with van der Waals surface area (Å²) in [6.07, 6.45) is 2.72. The molecule has 1 aromatic carbocycles. The van der Waals surface area contributed by atoms with E-state index in [-0.39, 0.29) is 24.1 Å². The predicted octanol–water partition coefficient (Wildman–Crippen LogP) is 2.80. The summed E-state index contributed by atoms with van der Waals surface area (Å²) in [5, 5.41) is 0. The summed E-state index contributed by atoms with van der Waals surface area (Å²) in [6, 6.07) is 5.24. The minimum atomic E-state index is -3.18. The number of piperazine rings is 1. The topological polar surface area (TPSA) is 84.0 Å². The van der Waals surface area contributed by atoms with Crippen molar-refractivity contribution in [2.24, 2.45) is 0 Å².